The van der Waals surface area contributed by atoms with Crippen molar-refractivity contribution in [2.24, 2.45) is 0 Å². The highest BCUT2D eigenvalue weighted by Crippen LogP contribution is 2.31. The van der Waals surface area contributed by atoms with E-state index in [-0.39, 0.29) is 17.0 Å². The summed E-state index contributed by atoms with van der Waals surface area (Å²) in [4.78, 5) is 20.4. The number of amides is 2. The van der Waals surface area contributed by atoms with Crippen molar-refractivity contribution in [2.45, 2.75) is 42.9 Å². The lowest BCUT2D eigenvalue weighted by Gasteiger charge is -2.33. The van der Waals surface area contributed by atoms with Gasteiger partial charge in [0.15, 0.2) is 0 Å². The first-order valence-electron chi connectivity index (χ1n) is 11.3. The fraction of sp³-hybridized carbons (Fsp3) is 0.478. The van der Waals surface area contributed by atoms with Crippen molar-refractivity contribution in [2.75, 3.05) is 38.6 Å². The Morgan fingerprint density at radius 3 is 2.46 bits per heavy atom. The fourth-order valence-electron chi connectivity index (χ4n) is 4.39. The maximum atomic E-state index is 12.9. The second-order valence-electron chi connectivity index (χ2n) is 9.03. The number of nitrogens with zero attached hydrogens (tertiary/aromatic N) is 4. The summed E-state index contributed by atoms with van der Waals surface area (Å²) in [7, 11) is -0.579. The van der Waals surface area contributed by atoms with E-state index in [1.165, 1.54) is 32.4 Å². The molecule has 4 rings (SSSR count). The molecule has 2 aromatic rings. The minimum absolute atomic E-state index is 0.0121. The number of aromatic nitrogens is 1. The number of sulfonamides is 1. The standard InChI is InChI=1S/C23H28F3N5O3S/c1-29(2)35(33,34)19-4-5-20-17(13-19)7-12-31(20)22(32)28-18-8-10-30(11-9-18)15-16-3-6-21(27-14-16)23(24,25)26/h3-6,13-14,18H,7-12,15H2,1-2H3,(H,28,32). The van der Waals surface area contributed by atoms with Crippen molar-refractivity contribution in [1.82, 2.24) is 19.5 Å². The second kappa shape index (κ2) is 9.75. The first kappa shape index (κ1) is 25.4. The minimum atomic E-state index is -4.45. The van der Waals surface area contributed by atoms with Crippen LogP contribution in [0.4, 0.5) is 23.7 Å². The van der Waals surface area contributed by atoms with Gasteiger partial charge in [-0.15, -0.1) is 0 Å². The molecule has 0 bridgehead atoms. The van der Waals surface area contributed by atoms with Crippen molar-refractivity contribution >= 4 is 21.7 Å². The van der Waals surface area contributed by atoms with Gasteiger partial charge in [-0.1, -0.05) is 6.07 Å². The number of hydrogen-bond acceptors (Lipinski definition) is 5. The molecule has 1 N–H and O–H groups in total. The molecule has 1 fully saturated rings. The average molecular weight is 512 g/mol. The largest absolute Gasteiger partial charge is 0.433 e. The van der Waals surface area contributed by atoms with Crippen LogP contribution in [0.1, 0.15) is 29.7 Å². The first-order valence-corrected chi connectivity index (χ1v) is 12.8. The van der Waals surface area contributed by atoms with Crippen LogP contribution in [0, 0.1) is 0 Å². The third kappa shape index (κ3) is 5.60. The molecule has 1 aromatic heterocycles. The third-order valence-corrected chi connectivity index (χ3v) is 8.22. The molecule has 1 aromatic carbocycles. The number of carbonyl (C=O) groups is 1. The molecule has 0 atom stereocenters. The van der Waals surface area contributed by atoms with Crippen molar-refractivity contribution in [1.29, 1.82) is 0 Å². The number of piperidine rings is 1. The molecule has 2 aliphatic rings. The maximum absolute atomic E-state index is 12.9. The van der Waals surface area contributed by atoms with Crippen molar-refractivity contribution in [3.63, 3.8) is 0 Å². The summed E-state index contributed by atoms with van der Waals surface area (Å²) in [5.74, 6) is 0. The van der Waals surface area contributed by atoms with E-state index in [2.05, 4.69) is 15.2 Å². The molecule has 0 aliphatic carbocycles. The van der Waals surface area contributed by atoms with Crippen molar-refractivity contribution < 1.29 is 26.4 Å². The van der Waals surface area contributed by atoms with Crippen LogP contribution >= 0.6 is 0 Å². The predicted octanol–water partition coefficient (Wildman–Crippen LogP) is 3.09. The van der Waals surface area contributed by atoms with Gasteiger partial charge in [-0.25, -0.2) is 17.5 Å². The maximum Gasteiger partial charge on any atom is 0.433 e. The van der Waals surface area contributed by atoms with Crippen molar-refractivity contribution in [3.8, 4) is 0 Å². The van der Waals surface area contributed by atoms with Gasteiger partial charge >= 0.3 is 12.2 Å². The number of pyridine rings is 1. The van der Waals surface area contributed by atoms with Crippen LogP contribution in [0.3, 0.4) is 0 Å². The number of alkyl halides is 3. The van der Waals surface area contributed by atoms with Gasteiger partial charge in [0.1, 0.15) is 5.69 Å². The van der Waals surface area contributed by atoms with Gasteiger partial charge in [0.25, 0.3) is 0 Å². The van der Waals surface area contributed by atoms with E-state index in [0.29, 0.717) is 43.9 Å². The number of rotatable bonds is 5. The number of hydrogen-bond donors (Lipinski definition) is 1. The summed E-state index contributed by atoms with van der Waals surface area (Å²) >= 11 is 0. The molecular formula is C23H28F3N5O3S. The van der Waals surface area contributed by atoms with Crippen molar-refractivity contribution in [3.05, 3.63) is 53.3 Å². The zero-order valence-corrected chi connectivity index (χ0v) is 20.4. The van der Waals surface area contributed by atoms with E-state index in [1.807, 2.05) is 0 Å². The number of halogens is 3. The van der Waals surface area contributed by atoms with Gasteiger partial charge in [-0.05, 0) is 54.7 Å². The molecule has 2 aliphatic heterocycles. The van der Waals surface area contributed by atoms with Gasteiger partial charge in [-0.2, -0.15) is 13.2 Å². The Morgan fingerprint density at radius 2 is 1.86 bits per heavy atom. The summed E-state index contributed by atoms with van der Waals surface area (Å²) in [6, 6.07) is 7.05. The van der Waals surface area contributed by atoms with Crippen LogP contribution in [-0.2, 0) is 29.2 Å². The van der Waals surface area contributed by atoms with E-state index >= 15 is 0 Å². The lowest BCUT2D eigenvalue weighted by atomic mass is 10.0. The van der Waals surface area contributed by atoms with Gasteiger partial charge in [0.05, 0.1) is 4.90 Å². The lowest BCUT2D eigenvalue weighted by Crippen LogP contribution is -2.48. The highest BCUT2D eigenvalue weighted by atomic mass is 32.2. The topological polar surface area (TPSA) is 85.8 Å². The Balaban J connectivity index is 1.30. The number of carbonyl (C=O) groups excluding carboxylic acids is 1. The SMILES string of the molecule is CN(C)S(=O)(=O)c1ccc2c(c1)CCN2C(=O)NC1CCN(Cc2ccc(C(F)(F)F)nc2)CC1. The Kier molecular flexibility index (Phi) is 7.07. The molecule has 0 saturated carbocycles. The zero-order chi connectivity index (χ0) is 25.4. The monoisotopic (exact) mass is 511 g/mol. The van der Waals surface area contributed by atoms with Gasteiger partial charge < -0.3 is 5.32 Å². The van der Waals surface area contributed by atoms with E-state index in [1.54, 1.807) is 17.0 Å². The lowest BCUT2D eigenvalue weighted by molar-refractivity contribution is -0.141. The minimum Gasteiger partial charge on any atom is -0.335 e. The smallest absolute Gasteiger partial charge is 0.335 e. The predicted molar refractivity (Wildman–Crippen MR) is 124 cm³/mol. The highest BCUT2D eigenvalue weighted by molar-refractivity contribution is 7.89. The Labute approximate surface area is 202 Å². The summed E-state index contributed by atoms with van der Waals surface area (Å²) in [5.41, 5.74) is 1.35. The molecular weight excluding hydrogens is 483 g/mol. The molecule has 1 saturated heterocycles. The Morgan fingerprint density at radius 1 is 1.14 bits per heavy atom. The molecule has 0 spiro atoms. The molecule has 190 valence electrons. The number of likely N-dealkylation sites (tertiary alicyclic amines) is 1. The summed E-state index contributed by atoms with van der Waals surface area (Å²) < 4.78 is 64.0. The number of anilines is 1. The molecule has 12 heteroatoms. The third-order valence-electron chi connectivity index (χ3n) is 6.41. The Bertz CT molecular complexity index is 1180. The summed E-state index contributed by atoms with van der Waals surface area (Å²) in [6.07, 6.45) is -1.16. The quantitative estimate of drug-likeness (QED) is 0.667. The van der Waals surface area contributed by atoms with Crippen LogP contribution in [0.2, 0.25) is 0 Å². The second-order valence-corrected chi connectivity index (χ2v) is 11.2. The average Bonchev–Trinajstić information content (AvgIpc) is 3.23. The molecule has 8 nitrogen and oxygen atoms in total. The van der Waals surface area contributed by atoms with Crippen LogP contribution in [0.25, 0.3) is 0 Å². The van der Waals surface area contributed by atoms with E-state index in [0.717, 1.165) is 28.8 Å². The zero-order valence-electron chi connectivity index (χ0n) is 19.5. The Hall–Kier alpha value is -2.70. The molecule has 0 unspecified atom stereocenters. The van der Waals surface area contributed by atoms with E-state index in [9.17, 15) is 26.4 Å². The van der Waals surface area contributed by atoms with Gasteiger partial charge in [-0.3, -0.25) is 14.8 Å². The number of urea groups is 1. The highest BCUT2D eigenvalue weighted by Gasteiger charge is 2.32. The van der Waals surface area contributed by atoms with Crippen LogP contribution in [0.5, 0.6) is 0 Å². The molecule has 2 amide bonds. The fourth-order valence-corrected chi connectivity index (χ4v) is 5.35. The first-order chi connectivity index (χ1) is 16.4. The normalized spacial score (nSPS) is 17.6. The van der Waals surface area contributed by atoms with Crippen LogP contribution < -0.4 is 10.2 Å². The number of nitrogens with one attached hydrogen (secondary N) is 1. The molecule has 0 radical (unpaired) electrons. The van der Waals surface area contributed by atoms with E-state index in [4.69, 9.17) is 0 Å². The molecule has 3 heterocycles. The van der Waals surface area contributed by atoms with Gasteiger partial charge in [0, 0.05) is 58.2 Å². The summed E-state index contributed by atoms with van der Waals surface area (Å²) in [6.45, 7) is 2.39. The number of benzene rings is 1. The molecule has 35 heavy (non-hydrogen) atoms. The number of fused-ring (bicyclic) bond motifs is 1. The van der Waals surface area contributed by atoms with Crippen LogP contribution in [-0.4, -0.2) is 68.4 Å². The van der Waals surface area contributed by atoms with Crippen LogP contribution in [0.15, 0.2) is 41.4 Å². The summed E-state index contributed by atoms with van der Waals surface area (Å²) in [5, 5.41) is 3.07. The van der Waals surface area contributed by atoms with E-state index < -0.39 is 21.9 Å². The van der Waals surface area contributed by atoms with Gasteiger partial charge in [0.2, 0.25) is 10.0 Å².